The Bertz CT molecular complexity index is 953. The molecule has 8 nitrogen and oxygen atoms in total. The summed E-state index contributed by atoms with van der Waals surface area (Å²) < 4.78 is 10.5. The SMILES string of the molecule is COc1ccc(Cc2nnc(N/N=C\c3cccs3)[nH]c2=O)cc1OC. The molecule has 2 heterocycles. The first kappa shape index (κ1) is 17.6. The van der Waals surface area contributed by atoms with E-state index < -0.39 is 0 Å². The number of aromatic nitrogens is 3. The van der Waals surface area contributed by atoms with Crippen LogP contribution in [0.15, 0.2) is 45.6 Å². The first-order valence-corrected chi connectivity index (χ1v) is 8.57. The zero-order chi connectivity index (χ0) is 18.4. The van der Waals surface area contributed by atoms with E-state index >= 15 is 0 Å². The Labute approximate surface area is 153 Å². The van der Waals surface area contributed by atoms with Crippen LogP contribution in [0.3, 0.4) is 0 Å². The maximum atomic E-state index is 12.2. The minimum Gasteiger partial charge on any atom is -0.493 e. The molecule has 134 valence electrons. The lowest BCUT2D eigenvalue weighted by molar-refractivity contribution is 0.354. The number of benzene rings is 1. The standard InChI is InChI=1S/C17H17N5O3S/c1-24-14-6-5-11(9-15(14)25-2)8-13-16(23)19-17(22-20-13)21-18-10-12-4-3-7-26-12/h3-7,9-10H,8H2,1-2H3,(H2,19,21,22,23)/b18-10-. The fraction of sp³-hybridized carbons (Fsp3) is 0.176. The second-order valence-corrected chi connectivity index (χ2v) is 6.18. The fourth-order valence-corrected chi connectivity index (χ4v) is 2.82. The van der Waals surface area contributed by atoms with Crippen molar-refractivity contribution in [2.75, 3.05) is 19.6 Å². The molecule has 0 saturated heterocycles. The predicted molar refractivity (Wildman–Crippen MR) is 101 cm³/mol. The van der Waals surface area contributed by atoms with E-state index in [9.17, 15) is 4.79 Å². The lowest BCUT2D eigenvalue weighted by Crippen LogP contribution is -2.18. The summed E-state index contributed by atoms with van der Waals surface area (Å²) in [7, 11) is 3.13. The van der Waals surface area contributed by atoms with Crippen molar-refractivity contribution in [3.05, 3.63) is 62.2 Å². The molecule has 0 aliphatic carbocycles. The van der Waals surface area contributed by atoms with Gasteiger partial charge in [0.1, 0.15) is 5.69 Å². The zero-order valence-electron chi connectivity index (χ0n) is 14.2. The topological polar surface area (TPSA) is 101 Å². The Balaban J connectivity index is 1.70. The maximum Gasteiger partial charge on any atom is 0.274 e. The van der Waals surface area contributed by atoms with Crippen LogP contribution in [0.25, 0.3) is 0 Å². The van der Waals surface area contributed by atoms with Crippen LogP contribution in [-0.4, -0.2) is 35.6 Å². The molecule has 26 heavy (non-hydrogen) atoms. The number of nitrogens with zero attached hydrogens (tertiary/aromatic N) is 3. The molecule has 0 amide bonds. The van der Waals surface area contributed by atoms with Crippen molar-refractivity contribution in [3.63, 3.8) is 0 Å². The number of hydrogen-bond acceptors (Lipinski definition) is 8. The van der Waals surface area contributed by atoms with E-state index in [1.807, 2.05) is 23.6 Å². The first-order chi connectivity index (χ1) is 12.7. The molecular formula is C17H17N5O3S. The fourth-order valence-electron chi connectivity index (χ4n) is 2.23. The van der Waals surface area contributed by atoms with E-state index in [0.29, 0.717) is 23.6 Å². The van der Waals surface area contributed by atoms with Crippen molar-refractivity contribution in [2.45, 2.75) is 6.42 Å². The maximum absolute atomic E-state index is 12.2. The molecule has 0 atom stereocenters. The van der Waals surface area contributed by atoms with Crippen molar-refractivity contribution in [1.82, 2.24) is 15.2 Å². The summed E-state index contributed by atoms with van der Waals surface area (Å²) in [4.78, 5) is 15.8. The minimum absolute atomic E-state index is 0.180. The second kappa shape index (κ2) is 8.26. The van der Waals surface area contributed by atoms with Crippen LogP contribution in [-0.2, 0) is 6.42 Å². The summed E-state index contributed by atoms with van der Waals surface area (Å²) in [5, 5.41) is 13.9. The summed E-state index contributed by atoms with van der Waals surface area (Å²) in [6, 6.07) is 9.29. The van der Waals surface area contributed by atoms with E-state index in [2.05, 4.69) is 25.7 Å². The van der Waals surface area contributed by atoms with Crippen LogP contribution in [0.5, 0.6) is 11.5 Å². The molecule has 3 aromatic rings. The average molecular weight is 371 g/mol. The highest BCUT2D eigenvalue weighted by atomic mass is 32.1. The quantitative estimate of drug-likeness (QED) is 0.488. The van der Waals surface area contributed by atoms with Crippen LogP contribution in [0.2, 0.25) is 0 Å². The van der Waals surface area contributed by atoms with Gasteiger partial charge in [0, 0.05) is 11.3 Å². The molecule has 0 bridgehead atoms. The molecule has 0 saturated carbocycles. The van der Waals surface area contributed by atoms with Crippen LogP contribution in [0, 0.1) is 0 Å². The highest BCUT2D eigenvalue weighted by molar-refractivity contribution is 7.11. The molecule has 0 aliphatic heterocycles. The Morgan fingerprint density at radius 3 is 2.77 bits per heavy atom. The molecule has 0 spiro atoms. The number of anilines is 1. The molecule has 9 heteroatoms. The summed E-state index contributed by atoms with van der Waals surface area (Å²) in [5.74, 6) is 1.40. The van der Waals surface area contributed by atoms with Gasteiger partial charge in [-0.1, -0.05) is 12.1 Å². The minimum atomic E-state index is -0.330. The molecule has 2 aromatic heterocycles. The molecule has 1 aromatic carbocycles. The Kier molecular flexibility index (Phi) is 5.59. The van der Waals surface area contributed by atoms with Gasteiger partial charge in [-0.15, -0.1) is 21.5 Å². The van der Waals surface area contributed by atoms with Gasteiger partial charge in [0.05, 0.1) is 20.4 Å². The summed E-state index contributed by atoms with van der Waals surface area (Å²) in [6.07, 6.45) is 1.96. The highest BCUT2D eigenvalue weighted by Crippen LogP contribution is 2.28. The third kappa shape index (κ3) is 4.25. The molecule has 0 fully saturated rings. The summed E-state index contributed by atoms with van der Waals surface area (Å²) in [6.45, 7) is 0. The van der Waals surface area contributed by atoms with Crippen molar-refractivity contribution < 1.29 is 9.47 Å². The predicted octanol–water partition coefficient (Wildman–Crippen LogP) is 2.28. The van der Waals surface area contributed by atoms with Gasteiger partial charge in [0.2, 0.25) is 5.95 Å². The number of ether oxygens (including phenoxy) is 2. The van der Waals surface area contributed by atoms with Gasteiger partial charge in [0.25, 0.3) is 5.56 Å². The van der Waals surface area contributed by atoms with Gasteiger partial charge < -0.3 is 9.47 Å². The molecule has 0 aliphatic rings. The largest absolute Gasteiger partial charge is 0.493 e. The summed E-state index contributed by atoms with van der Waals surface area (Å²) >= 11 is 1.55. The van der Waals surface area contributed by atoms with Gasteiger partial charge >= 0.3 is 0 Å². The Hall–Kier alpha value is -3.20. The van der Waals surface area contributed by atoms with Crippen LogP contribution < -0.4 is 20.5 Å². The van der Waals surface area contributed by atoms with Crippen molar-refractivity contribution in [1.29, 1.82) is 0 Å². The third-order valence-corrected chi connectivity index (χ3v) is 4.30. The molecule has 3 rings (SSSR count). The summed E-state index contributed by atoms with van der Waals surface area (Å²) in [5.41, 5.74) is 3.48. The van der Waals surface area contributed by atoms with Gasteiger partial charge in [-0.05, 0) is 29.1 Å². The first-order valence-electron chi connectivity index (χ1n) is 7.69. The molecule has 2 N–H and O–H groups in total. The smallest absolute Gasteiger partial charge is 0.274 e. The lowest BCUT2D eigenvalue weighted by atomic mass is 10.1. The second-order valence-electron chi connectivity index (χ2n) is 5.20. The number of nitrogens with one attached hydrogen (secondary N) is 2. The van der Waals surface area contributed by atoms with E-state index in [1.54, 1.807) is 43.9 Å². The van der Waals surface area contributed by atoms with Crippen LogP contribution >= 0.6 is 11.3 Å². The normalized spacial score (nSPS) is 10.8. The number of aromatic amines is 1. The molecular weight excluding hydrogens is 354 g/mol. The number of hydrazone groups is 1. The van der Waals surface area contributed by atoms with Gasteiger partial charge in [0.15, 0.2) is 11.5 Å². The van der Waals surface area contributed by atoms with E-state index in [-0.39, 0.29) is 11.5 Å². The number of hydrogen-bond donors (Lipinski definition) is 2. The van der Waals surface area contributed by atoms with E-state index in [0.717, 1.165) is 10.4 Å². The molecule has 0 unspecified atom stereocenters. The number of thiophene rings is 1. The van der Waals surface area contributed by atoms with Crippen molar-refractivity contribution in [2.24, 2.45) is 5.10 Å². The van der Waals surface area contributed by atoms with Crippen LogP contribution in [0.4, 0.5) is 5.95 Å². The average Bonchev–Trinajstić information content (AvgIpc) is 3.17. The molecule has 0 radical (unpaired) electrons. The zero-order valence-corrected chi connectivity index (χ0v) is 15.0. The van der Waals surface area contributed by atoms with Gasteiger partial charge in [-0.25, -0.2) is 5.43 Å². The number of rotatable bonds is 7. The van der Waals surface area contributed by atoms with Crippen LogP contribution in [0.1, 0.15) is 16.1 Å². The third-order valence-electron chi connectivity index (χ3n) is 3.49. The lowest BCUT2D eigenvalue weighted by Gasteiger charge is -2.09. The number of H-pyrrole nitrogens is 1. The Morgan fingerprint density at radius 1 is 1.23 bits per heavy atom. The highest BCUT2D eigenvalue weighted by Gasteiger charge is 2.09. The van der Waals surface area contributed by atoms with E-state index in [1.165, 1.54) is 0 Å². The van der Waals surface area contributed by atoms with E-state index in [4.69, 9.17) is 9.47 Å². The van der Waals surface area contributed by atoms with Gasteiger partial charge in [-0.3, -0.25) is 9.78 Å². The number of methoxy groups -OCH3 is 2. The van der Waals surface area contributed by atoms with Crippen molar-refractivity contribution in [3.8, 4) is 11.5 Å². The van der Waals surface area contributed by atoms with Gasteiger partial charge in [-0.2, -0.15) is 5.10 Å². The monoisotopic (exact) mass is 371 g/mol. The Morgan fingerprint density at radius 2 is 2.08 bits per heavy atom. The van der Waals surface area contributed by atoms with Crippen molar-refractivity contribution >= 4 is 23.5 Å².